The third kappa shape index (κ3) is 6.62. The molecule has 1 saturated heterocycles. The normalized spacial score (nSPS) is 13.4. The van der Waals surface area contributed by atoms with Gasteiger partial charge in [-0.05, 0) is 43.3 Å². The first-order chi connectivity index (χ1) is 18.0. The number of aromatic nitrogens is 2. The second-order valence-corrected chi connectivity index (χ2v) is 8.96. The van der Waals surface area contributed by atoms with Crippen molar-refractivity contribution in [2.45, 2.75) is 6.92 Å². The number of methoxy groups -OCH3 is 2. The molecule has 0 atom stereocenters. The molecule has 1 aromatic heterocycles. The molecular formula is C28H33N5O4. The van der Waals surface area contributed by atoms with Gasteiger partial charge in [0.1, 0.15) is 12.3 Å². The van der Waals surface area contributed by atoms with Gasteiger partial charge in [-0.2, -0.15) is 0 Å². The predicted molar refractivity (Wildman–Crippen MR) is 142 cm³/mol. The first-order valence-corrected chi connectivity index (χ1v) is 12.3. The van der Waals surface area contributed by atoms with E-state index in [2.05, 4.69) is 15.1 Å². The second-order valence-electron chi connectivity index (χ2n) is 8.96. The van der Waals surface area contributed by atoms with Crippen LogP contribution in [-0.2, 0) is 9.53 Å². The molecule has 0 spiro atoms. The highest BCUT2D eigenvalue weighted by atomic mass is 16.5. The molecule has 1 fully saturated rings. The van der Waals surface area contributed by atoms with E-state index in [1.807, 2.05) is 55.5 Å². The molecule has 0 saturated carbocycles. The van der Waals surface area contributed by atoms with Crippen LogP contribution >= 0.6 is 0 Å². The number of ether oxygens (including phenoxy) is 2. The Balaban J connectivity index is 1.34. The van der Waals surface area contributed by atoms with Crippen molar-refractivity contribution in [3.8, 4) is 17.0 Å². The Kier molecular flexibility index (Phi) is 8.68. The summed E-state index contributed by atoms with van der Waals surface area (Å²) in [5, 5.41) is 8.81. The summed E-state index contributed by atoms with van der Waals surface area (Å²) in [5.74, 6) is 1.30. The van der Waals surface area contributed by atoms with Crippen LogP contribution in [0.3, 0.4) is 0 Å². The number of aryl methyl sites for hydroxylation is 1. The minimum absolute atomic E-state index is 0.0190. The van der Waals surface area contributed by atoms with E-state index in [-0.39, 0.29) is 18.4 Å². The van der Waals surface area contributed by atoms with Gasteiger partial charge in [-0.25, -0.2) is 0 Å². The third-order valence-corrected chi connectivity index (χ3v) is 6.45. The van der Waals surface area contributed by atoms with Crippen molar-refractivity contribution in [1.82, 2.24) is 20.0 Å². The van der Waals surface area contributed by atoms with Gasteiger partial charge in [0.2, 0.25) is 5.91 Å². The molecule has 0 N–H and O–H groups in total. The van der Waals surface area contributed by atoms with E-state index in [9.17, 15) is 9.59 Å². The Morgan fingerprint density at radius 2 is 1.70 bits per heavy atom. The summed E-state index contributed by atoms with van der Waals surface area (Å²) < 4.78 is 10.5. The van der Waals surface area contributed by atoms with Crippen LogP contribution in [0.5, 0.6) is 5.75 Å². The molecule has 0 radical (unpaired) electrons. The number of nitrogens with zero attached hydrogens (tertiary/aromatic N) is 5. The fraction of sp³-hybridized carbons (Fsp3) is 0.357. The molecule has 4 rings (SSSR count). The standard InChI is InChI=1S/C28H33N5O4/c1-21-7-9-22(10-8-21)28(35)33(17-18-36-2)20-27(34)32-15-13-31(14-16-32)26-12-11-25(29-30-26)23-5-4-6-24(19-23)37-3/h4-12,19H,13-18,20H2,1-3H3. The topological polar surface area (TPSA) is 88.1 Å². The number of carbonyl (C=O) groups excluding carboxylic acids is 2. The fourth-order valence-electron chi connectivity index (χ4n) is 4.21. The zero-order valence-corrected chi connectivity index (χ0v) is 21.6. The monoisotopic (exact) mass is 503 g/mol. The summed E-state index contributed by atoms with van der Waals surface area (Å²) >= 11 is 0. The second kappa shape index (κ2) is 12.3. The highest BCUT2D eigenvalue weighted by Gasteiger charge is 2.26. The van der Waals surface area contributed by atoms with Gasteiger partial charge >= 0.3 is 0 Å². The Morgan fingerprint density at radius 1 is 0.946 bits per heavy atom. The van der Waals surface area contributed by atoms with Gasteiger partial charge in [0.05, 0.1) is 19.4 Å². The maximum Gasteiger partial charge on any atom is 0.254 e. The molecule has 1 aliphatic heterocycles. The summed E-state index contributed by atoms with van der Waals surface area (Å²) in [4.78, 5) is 31.6. The van der Waals surface area contributed by atoms with Gasteiger partial charge in [-0.1, -0.05) is 29.8 Å². The molecule has 3 aromatic rings. The van der Waals surface area contributed by atoms with Gasteiger partial charge in [-0.15, -0.1) is 10.2 Å². The third-order valence-electron chi connectivity index (χ3n) is 6.45. The molecule has 2 heterocycles. The van der Waals surface area contributed by atoms with E-state index in [4.69, 9.17) is 9.47 Å². The van der Waals surface area contributed by atoms with Crippen LogP contribution in [0.4, 0.5) is 5.82 Å². The molecular weight excluding hydrogens is 470 g/mol. The smallest absolute Gasteiger partial charge is 0.254 e. The lowest BCUT2D eigenvalue weighted by Gasteiger charge is -2.36. The quantitative estimate of drug-likeness (QED) is 0.444. The molecule has 2 amide bonds. The summed E-state index contributed by atoms with van der Waals surface area (Å²) in [7, 11) is 3.22. The van der Waals surface area contributed by atoms with Crippen LogP contribution in [0.2, 0.25) is 0 Å². The molecule has 0 unspecified atom stereocenters. The van der Waals surface area contributed by atoms with Gasteiger partial charge in [0.25, 0.3) is 5.91 Å². The van der Waals surface area contributed by atoms with Crippen molar-refractivity contribution >= 4 is 17.6 Å². The lowest BCUT2D eigenvalue weighted by Crippen LogP contribution is -2.52. The molecule has 1 aliphatic rings. The van der Waals surface area contributed by atoms with Crippen LogP contribution in [0, 0.1) is 6.92 Å². The maximum atomic E-state index is 13.1. The summed E-state index contributed by atoms with van der Waals surface area (Å²) in [6.45, 7) is 5.09. The summed E-state index contributed by atoms with van der Waals surface area (Å²) in [6.07, 6.45) is 0. The molecule has 9 heteroatoms. The largest absolute Gasteiger partial charge is 0.497 e. The van der Waals surface area contributed by atoms with Crippen molar-refractivity contribution in [2.75, 3.05) is 65.0 Å². The van der Waals surface area contributed by atoms with E-state index in [0.29, 0.717) is 44.9 Å². The van der Waals surface area contributed by atoms with E-state index >= 15 is 0 Å². The van der Waals surface area contributed by atoms with E-state index < -0.39 is 0 Å². The van der Waals surface area contributed by atoms with Crippen LogP contribution in [0.1, 0.15) is 15.9 Å². The van der Waals surface area contributed by atoms with Crippen LogP contribution in [-0.4, -0.2) is 91.9 Å². The zero-order valence-electron chi connectivity index (χ0n) is 21.6. The van der Waals surface area contributed by atoms with Crippen LogP contribution in [0.15, 0.2) is 60.7 Å². The van der Waals surface area contributed by atoms with Gasteiger partial charge in [0, 0.05) is 51.0 Å². The van der Waals surface area contributed by atoms with Gasteiger partial charge in [0.15, 0.2) is 5.82 Å². The highest BCUT2D eigenvalue weighted by Crippen LogP contribution is 2.23. The summed E-state index contributed by atoms with van der Waals surface area (Å²) in [5.41, 5.74) is 3.35. The zero-order chi connectivity index (χ0) is 26.2. The minimum atomic E-state index is -0.171. The van der Waals surface area contributed by atoms with Crippen LogP contribution in [0.25, 0.3) is 11.3 Å². The lowest BCUT2D eigenvalue weighted by molar-refractivity contribution is -0.132. The van der Waals surface area contributed by atoms with Crippen molar-refractivity contribution in [3.05, 3.63) is 71.8 Å². The molecule has 2 aromatic carbocycles. The van der Waals surface area contributed by atoms with Crippen molar-refractivity contribution in [1.29, 1.82) is 0 Å². The molecule has 0 aliphatic carbocycles. The van der Waals surface area contributed by atoms with E-state index in [0.717, 1.165) is 28.4 Å². The number of anilines is 1. The van der Waals surface area contributed by atoms with E-state index in [1.54, 1.807) is 36.2 Å². The first kappa shape index (κ1) is 26.1. The average Bonchev–Trinajstić information content (AvgIpc) is 2.95. The highest BCUT2D eigenvalue weighted by molar-refractivity contribution is 5.96. The number of carbonyl (C=O) groups is 2. The number of amides is 2. The fourth-order valence-corrected chi connectivity index (χ4v) is 4.21. The lowest BCUT2D eigenvalue weighted by atomic mass is 10.1. The Labute approximate surface area is 217 Å². The minimum Gasteiger partial charge on any atom is -0.497 e. The molecule has 37 heavy (non-hydrogen) atoms. The van der Waals surface area contributed by atoms with Crippen LogP contribution < -0.4 is 9.64 Å². The Morgan fingerprint density at radius 3 is 2.35 bits per heavy atom. The Bertz CT molecular complexity index is 1190. The first-order valence-electron chi connectivity index (χ1n) is 12.3. The number of rotatable bonds is 9. The SMILES string of the molecule is COCCN(CC(=O)N1CCN(c2ccc(-c3cccc(OC)c3)nn2)CC1)C(=O)c1ccc(C)cc1. The Hall–Kier alpha value is -3.98. The van der Waals surface area contributed by atoms with Crippen molar-refractivity contribution in [2.24, 2.45) is 0 Å². The molecule has 194 valence electrons. The predicted octanol–water partition coefficient (Wildman–Crippen LogP) is 2.90. The average molecular weight is 504 g/mol. The number of piperazine rings is 1. The van der Waals surface area contributed by atoms with Gasteiger partial charge < -0.3 is 24.2 Å². The molecule has 0 bridgehead atoms. The van der Waals surface area contributed by atoms with Crippen molar-refractivity contribution < 1.29 is 19.1 Å². The number of hydrogen-bond donors (Lipinski definition) is 0. The maximum absolute atomic E-state index is 13.1. The van der Waals surface area contributed by atoms with Gasteiger partial charge in [-0.3, -0.25) is 9.59 Å². The summed E-state index contributed by atoms with van der Waals surface area (Å²) in [6, 6.07) is 19.0. The van der Waals surface area contributed by atoms with E-state index in [1.165, 1.54) is 0 Å². The molecule has 9 nitrogen and oxygen atoms in total. The van der Waals surface area contributed by atoms with Crippen molar-refractivity contribution in [3.63, 3.8) is 0 Å². The number of benzene rings is 2. The number of hydrogen-bond acceptors (Lipinski definition) is 7.